The number of esters is 1. The Hall–Kier alpha value is -2.73. The summed E-state index contributed by atoms with van der Waals surface area (Å²) in [5.74, 6) is -0.776. The second-order valence-corrected chi connectivity index (χ2v) is 5.87. The van der Waals surface area contributed by atoms with Crippen molar-refractivity contribution >= 4 is 23.1 Å². The van der Waals surface area contributed by atoms with Gasteiger partial charge in [-0.2, -0.15) is 5.10 Å². The van der Waals surface area contributed by atoms with Gasteiger partial charge in [-0.25, -0.2) is 9.48 Å². The molecule has 23 heavy (non-hydrogen) atoms. The minimum Gasteiger partial charge on any atom is -0.453 e. The van der Waals surface area contributed by atoms with Crippen molar-refractivity contribution in [2.75, 3.05) is 6.61 Å². The van der Waals surface area contributed by atoms with Gasteiger partial charge in [0.15, 0.2) is 11.5 Å². The highest BCUT2D eigenvalue weighted by atomic mass is 32.1. The normalized spacial score (nSPS) is 10.5. The molecule has 6 heteroatoms. The highest BCUT2D eigenvalue weighted by molar-refractivity contribution is 7.13. The van der Waals surface area contributed by atoms with Crippen LogP contribution < -0.4 is 0 Å². The molecule has 2 heterocycles. The fraction of sp³-hybridized carbons (Fsp3) is 0.118. The third kappa shape index (κ3) is 3.37. The second-order valence-electron chi connectivity index (χ2n) is 4.92. The van der Waals surface area contributed by atoms with Gasteiger partial charge in [-0.3, -0.25) is 4.79 Å². The molecule has 0 saturated carbocycles. The van der Waals surface area contributed by atoms with E-state index in [-0.39, 0.29) is 12.4 Å². The minimum atomic E-state index is -0.570. The molecule has 3 rings (SSSR count). The number of carbonyl (C=O) groups is 2. The van der Waals surface area contributed by atoms with Gasteiger partial charge >= 0.3 is 5.97 Å². The van der Waals surface area contributed by atoms with Crippen LogP contribution in [0.4, 0.5) is 0 Å². The van der Waals surface area contributed by atoms with E-state index in [4.69, 9.17) is 4.74 Å². The van der Waals surface area contributed by atoms with E-state index in [0.717, 1.165) is 10.6 Å². The van der Waals surface area contributed by atoms with Crippen molar-refractivity contribution < 1.29 is 14.3 Å². The lowest BCUT2D eigenvalue weighted by Gasteiger charge is -2.06. The van der Waals surface area contributed by atoms with Crippen LogP contribution in [0, 0.1) is 0 Å². The Labute approximate surface area is 137 Å². The van der Waals surface area contributed by atoms with Crippen LogP contribution in [0.15, 0.2) is 53.9 Å². The van der Waals surface area contributed by atoms with Crippen LogP contribution in [0.1, 0.15) is 17.4 Å². The van der Waals surface area contributed by atoms with Crippen molar-refractivity contribution in [2.45, 2.75) is 6.92 Å². The largest absolute Gasteiger partial charge is 0.453 e. The molecule has 0 radical (unpaired) electrons. The second kappa shape index (κ2) is 6.58. The number of carbonyl (C=O) groups excluding carboxylic acids is 2. The van der Waals surface area contributed by atoms with Crippen molar-refractivity contribution in [3.63, 3.8) is 0 Å². The van der Waals surface area contributed by atoms with Gasteiger partial charge < -0.3 is 4.74 Å². The number of hydrogen-bond acceptors (Lipinski definition) is 5. The molecule has 2 aromatic heterocycles. The Morgan fingerprint density at radius 1 is 1.17 bits per heavy atom. The van der Waals surface area contributed by atoms with Gasteiger partial charge in [-0.05, 0) is 30.5 Å². The minimum absolute atomic E-state index is 0.206. The summed E-state index contributed by atoms with van der Waals surface area (Å²) in [4.78, 5) is 24.3. The maximum atomic E-state index is 12.3. The summed E-state index contributed by atoms with van der Waals surface area (Å²) >= 11 is 1.54. The lowest BCUT2D eigenvalue weighted by atomic mass is 10.3. The van der Waals surface area contributed by atoms with Crippen LogP contribution in [-0.2, 0) is 9.53 Å². The van der Waals surface area contributed by atoms with E-state index < -0.39 is 5.97 Å². The summed E-state index contributed by atoms with van der Waals surface area (Å²) < 4.78 is 6.58. The van der Waals surface area contributed by atoms with E-state index in [1.807, 2.05) is 47.8 Å². The Balaban J connectivity index is 2.02. The molecule has 0 atom stereocenters. The molecule has 0 saturated heterocycles. The van der Waals surface area contributed by atoms with Gasteiger partial charge in [0.1, 0.15) is 12.3 Å². The Morgan fingerprint density at radius 2 is 1.96 bits per heavy atom. The number of para-hydroxylation sites is 1. The Bertz CT molecular complexity index is 823. The average molecular weight is 326 g/mol. The number of benzene rings is 1. The lowest BCUT2D eigenvalue weighted by molar-refractivity contribution is -0.120. The van der Waals surface area contributed by atoms with Gasteiger partial charge in [-0.15, -0.1) is 11.3 Å². The van der Waals surface area contributed by atoms with Crippen molar-refractivity contribution in [1.82, 2.24) is 9.78 Å². The zero-order valence-corrected chi connectivity index (χ0v) is 13.2. The zero-order chi connectivity index (χ0) is 16.2. The molecule has 3 aromatic rings. The van der Waals surface area contributed by atoms with Crippen LogP contribution >= 0.6 is 11.3 Å². The first-order valence-corrected chi connectivity index (χ1v) is 7.89. The van der Waals surface area contributed by atoms with Crippen LogP contribution in [0.3, 0.4) is 0 Å². The molecule has 0 amide bonds. The molecule has 0 bridgehead atoms. The van der Waals surface area contributed by atoms with Crippen LogP contribution in [0.5, 0.6) is 0 Å². The lowest BCUT2D eigenvalue weighted by Crippen LogP contribution is -2.15. The highest BCUT2D eigenvalue weighted by Crippen LogP contribution is 2.26. The van der Waals surface area contributed by atoms with Gasteiger partial charge in [0.05, 0.1) is 10.6 Å². The summed E-state index contributed by atoms with van der Waals surface area (Å²) in [6, 6.07) is 14.9. The molecule has 0 spiro atoms. The predicted octanol–water partition coefficient (Wildman–Crippen LogP) is 3.35. The molecule has 0 N–H and O–H groups in total. The van der Waals surface area contributed by atoms with E-state index in [1.54, 1.807) is 17.4 Å². The topological polar surface area (TPSA) is 61.2 Å². The summed E-state index contributed by atoms with van der Waals surface area (Å²) in [7, 11) is 0. The summed E-state index contributed by atoms with van der Waals surface area (Å²) in [5.41, 5.74) is 1.74. The number of Topliss-reactive ketones (excluding diaryl/α,β-unsaturated/α-hetero) is 1. The standard InChI is InChI=1S/C17H14N2O3S/c1-12(20)11-22-17(21)15-10-14(16-8-5-9-23-16)18-19(15)13-6-3-2-4-7-13/h2-10H,11H2,1H3. The van der Waals surface area contributed by atoms with Crippen molar-refractivity contribution in [2.24, 2.45) is 0 Å². The summed E-state index contributed by atoms with van der Waals surface area (Å²) in [6.45, 7) is 1.13. The number of ketones is 1. The van der Waals surface area contributed by atoms with Gasteiger partial charge in [0.2, 0.25) is 0 Å². The van der Waals surface area contributed by atoms with Crippen LogP contribution in [0.25, 0.3) is 16.3 Å². The van der Waals surface area contributed by atoms with E-state index in [1.165, 1.54) is 11.6 Å². The Morgan fingerprint density at radius 3 is 2.61 bits per heavy atom. The molecular formula is C17H14N2O3S. The average Bonchev–Trinajstić information content (AvgIpc) is 3.22. The Kier molecular flexibility index (Phi) is 4.34. The van der Waals surface area contributed by atoms with Gasteiger partial charge in [0, 0.05) is 6.07 Å². The summed E-state index contributed by atoms with van der Waals surface area (Å²) in [6.07, 6.45) is 0. The monoisotopic (exact) mass is 326 g/mol. The number of rotatable bonds is 5. The third-order valence-corrected chi connectivity index (χ3v) is 3.99. The third-order valence-electron chi connectivity index (χ3n) is 3.10. The predicted molar refractivity (Wildman–Crippen MR) is 87.8 cm³/mol. The molecule has 0 unspecified atom stereocenters. The van der Waals surface area contributed by atoms with Crippen molar-refractivity contribution in [3.8, 4) is 16.3 Å². The van der Waals surface area contributed by atoms with Crippen molar-refractivity contribution in [1.29, 1.82) is 0 Å². The fourth-order valence-electron chi connectivity index (χ4n) is 2.08. The first kappa shape index (κ1) is 15.2. The SMILES string of the molecule is CC(=O)COC(=O)c1cc(-c2cccs2)nn1-c1ccccc1. The van der Waals surface area contributed by atoms with Gasteiger partial charge in [0.25, 0.3) is 0 Å². The first-order valence-electron chi connectivity index (χ1n) is 7.01. The molecule has 5 nitrogen and oxygen atoms in total. The van der Waals surface area contributed by atoms with E-state index in [0.29, 0.717) is 11.4 Å². The number of nitrogens with zero attached hydrogens (tertiary/aromatic N) is 2. The van der Waals surface area contributed by atoms with Crippen LogP contribution in [0.2, 0.25) is 0 Å². The number of thiophene rings is 1. The number of ether oxygens (including phenoxy) is 1. The van der Waals surface area contributed by atoms with Crippen molar-refractivity contribution in [3.05, 3.63) is 59.6 Å². The quantitative estimate of drug-likeness (QED) is 0.675. The molecule has 0 aliphatic heterocycles. The fourth-order valence-corrected chi connectivity index (χ4v) is 2.76. The maximum Gasteiger partial charge on any atom is 0.357 e. The summed E-state index contributed by atoms with van der Waals surface area (Å²) in [5, 5.41) is 6.46. The van der Waals surface area contributed by atoms with Gasteiger partial charge in [-0.1, -0.05) is 24.3 Å². The highest BCUT2D eigenvalue weighted by Gasteiger charge is 2.19. The molecule has 0 aliphatic carbocycles. The van der Waals surface area contributed by atoms with Crippen LogP contribution in [-0.4, -0.2) is 28.1 Å². The molecule has 1 aromatic carbocycles. The number of aromatic nitrogens is 2. The molecule has 0 aliphatic rings. The molecule has 0 fully saturated rings. The molecular weight excluding hydrogens is 312 g/mol. The van der Waals surface area contributed by atoms with E-state index >= 15 is 0 Å². The number of hydrogen-bond donors (Lipinski definition) is 0. The molecule has 116 valence electrons. The smallest absolute Gasteiger partial charge is 0.357 e. The van der Waals surface area contributed by atoms with E-state index in [9.17, 15) is 9.59 Å². The zero-order valence-electron chi connectivity index (χ0n) is 12.4. The maximum absolute atomic E-state index is 12.3. The first-order chi connectivity index (χ1) is 11.1. The van der Waals surface area contributed by atoms with E-state index in [2.05, 4.69) is 5.10 Å².